The molecule has 1 aromatic carbocycles. The van der Waals surface area contributed by atoms with Crippen molar-refractivity contribution in [3.05, 3.63) is 39.9 Å². The van der Waals surface area contributed by atoms with Crippen LogP contribution in [0, 0.1) is 22.0 Å². The Morgan fingerprint density at radius 1 is 1.05 bits per heavy atom. The molecule has 0 aliphatic heterocycles. The molecular weight excluding hydrogens is 264 g/mol. The quantitative estimate of drug-likeness (QED) is 0.548. The Balaban J connectivity index is 2.43. The van der Waals surface area contributed by atoms with Crippen molar-refractivity contribution in [2.24, 2.45) is 11.8 Å². The highest BCUT2D eigenvalue weighted by Gasteiger charge is 2.12. The van der Waals surface area contributed by atoms with Gasteiger partial charge in [0.1, 0.15) is 0 Å². The number of nitrogens with zero attached hydrogens (tertiary/aromatic N) is 1. The summed E-state index contributed by atoms with van der Waals surface area (Å²) in [6.07, 6.45) is 3.29. The zero-order valence-electron chi connectivity index (χ0n) is 13.6. The molecule has 0 unspecified atom stereocenters. The lowest BCUT2D eigenvalue weighted by atomic mass is 9.95. The van der Waals surface area contributed by atoms with Gasteiger partial charge in [-0.1, -0.05) is 39.8 Å². The first-order valence-electron chi connectivity index (χ1n) is 7.85. The van der Waals surface area contributed by atoms with Crippen molar-refractivity contribution in [2.45, 2.75) is 53.0 Å². The first-order valence-corrected chi connectivity index (χ1v) is 7.85. The van der Waals surface area contributed by atoms with Crippen molar-refractivity contribution in [1.29, 1.82) is 0 Å². The second-order valence-corrected chi connectivity index (χ2v) is 6.58. The lowest BCUT2D eigenvalue weighted by molar-refractivity contribution is -0.384. The molecule has 1 aromatic rings. The van der Waals surface area contributed by atoms with E-state index in [9.17, 15) is 10.1 Å². The summed E-state index contributed by atoms with van der Waals surface area (Å²) in [6.45, 7) is 9.94. The van der Waals surface area contributed by atoms with Crippen LogP contribution >= 0.6 is 0 Å². The first-order chi connectivity index (χ1) is 9.88. The molecule has 0 spiro atoms. The largest absolute Gasteiger partial charge is 0.314 e. The molecule has 4 heteroatoms. The summed E-state index contributed by atoms with van der Waals surface area (Å²) in [5, 5.41) is 14.2. The average Bonchev–Trinajstić information content (AvgIpc) is 2.37. The van der Waals surface area contributed by atoms with Gasteiger partial charge in [0.25, 0.3) is 5.69 Å². The summed E-state index contributed by atoms with van der Waals surface area (Å²) in [5.74, 6) is 1.39. The zero-order chi connectivity index (χ0) is 15.8. The van der Waals surface area contributed by atoms with Crippen LogP contribution in [-0.4, -0.2) is 17.5 Å². The van der Waals surface area contributed by atoms with E-state index in [1.807, 2.05) is 12.1 Å². The maximum Gasteiger partial charge on any atom is 0.269 e. The molecule has 1 N–H and O–H groups in total. The minimum Gasteiger partial charge on any atom is -0.314 e. The minimum absolute atomic E-state index is 0.157. The molecule has 1 rings (SSSR count). The summed E-state index contributed by atoms with van der Waals surface area (Å²) in [4.78, 5) is 10.3. The van der Waals surface area contributed by atoms with Crippen LogP contribution in [0.15, 0.2) is 24.3 Å². The second kappa shape index (κ2) is 8.78. The fraction of sp³-hybridized carbons (Fsp3) is 0.647. The van der Waals surface area contributed by atoms with Gasteiger partial charge in [-0.25, -0.2) is 0 Å². The molecular formula is C17H28N2O2. The molecule has 0 atom stereocenters. The molecule has 0 bridgehead atoms. The van der Waals surface area contributed by atoms with Gasteiger partial charge in [-0.2, -0.15) is 0 Å². The maximum absolute atomic E-state index is 10.6. The highest BCUT2D eigenvalue weighted by Crippen LogP contribution is 2.14. The Kier molecular flexibility index (Phi) is 7.37. The fourth-order valence-corrected chi connectivity index (χ4v) is 2.61. The van der Waals surface area contributed by atoms with Gasteiger partial charge in [-0.3, -0.25) is 10.1 Å². The number of non-ortho nitro benzene ring substituents is 1. The molecule has 0 aromatic heterocycles. The first kappa shape index (κ1) is 17.6. The SMILES string of the molecule is CC(C)CC(CC(C)C)NCCc1ccc([N+](=O)[O-])cc1. The summed E-state index contributed by atoms with van der Waals surface area (Å²) in [7, 11) is 0. The monoisotopic (exact) mass is 292 g/mol. The number of nitro benzene ring substituents is 1. The molecule has 118 valence electrons. The molecule has 4 nitrogen and oxygen atoms in total. The molecule has 21 heavy (non-hydrogen) atoms. The fourth-order valence-electron chi connectivity index (χ4n) is 2.61. The molecule has 0 saturated carbocycles. The lowest BCUT2D eigenvalue weighted by Crippen LogP contribution is -2.33. The summed E-state index contributed by atoms with van der Waals surface area (Å²) in [5.41, 5.74) is 1.30. The van der Waals surface area contributed by atoms with E-state index in [4.69, 9.17) is 0 Å². The predicted octanol–water partition coefficient (Wildman–Crippen LogP) is 4.19. The number of hydrogen-bond donors (Lipinski definition) is 1. The van der Waals surface area contributed by atoms with Crippen LogP contribution in [0.2, 0.25) is 0 Å². The van der Waals surface area contributed by atoms with Crippen LogP contribution in [0.1, 0.15) is 46.1 Å². The van der Waals surface area contributed by atoms with E-state index in [2.05, 4.69) is 33.0 Å². The molecule has 0 aliphatic rings. The third-order valence-corrected chi connectivity index (χ3v) is 3.51. The molecule has 0 heterocycles. The topological polar surface area (TPSA) is 55.2 Å². The van der Waals surface area contributed by atoms with Crippen LogP contribution in [0.5, 0.6) is 0 Å². The number of benzene rings is 1. The van der Waals surface area contributed by atoms with Crippen molar-refractivity contribution in [2.75, 3.05) is 6.54 Å². The van der Waals surface area contributed by atoms with Crippen molar-refractivity contribution < 1.29 is 4.92 Å². The highest BCUT2D eigenvalue weighted by molar-refractivity contribution is 5.32. The van der Waals surface area contributed by atoms with Crippen molar-refractivity contribution in [1.82, 2.24) is 5.32 Å². The van der Waals surface area contributed by atoms with Gasteiger partial charge >= 0.3 is 0 Å². The summed E-state index contributed by atoms with van der Waals surface area (Å²) >= 11 is 0. The summed E-state index contributed by atoms with van der Waals surface area (Å²) < 4.78 is 0. The van der Waals surface area contributed by atoms with Gasteiger partial charge in [-0.15, -0.1) is 0 Å². The predicted molar refractivity (Wildman–Crippen MR) is 87.5 cm³/mol. The standard InChI is InChI=1S/C17H28N2O2/c1-13(2)11-16(12-14(3)4)18-10-9-15-5-7-17(8-6-15)19(20)21/h5-8,13-14,16,18H,9-12H2,1-4H3. The van der Waals surface area contributed by atoms with Crippen LogP contribution in [0.3, 0.4) is 0 Å². The normalized spacial score (nSPS) is 11.6. The Morgan fingerprint density at radius 3 is 2.00 bits per heavy atom. The van der Waals surface area contributed by atoms with Crippen LogP contribution in [0.25, 0.3) is 0 Å². The van der Waals surface area contributed by atoms with Crippen LogP contribution < -0.4 is 5.32 Å². The number of rotatable bonds is 9. The van der Waals surface area contributed by atoms with Crippen molar-refractivity contribution in [3.8, 4) is 0 Å². The Hall–Kier alpha value is -1.42. The molecule has 0 amide bonds. The lowest BCUT2D eigenvalue weighted by Gasteiger charge is -2.22. The van der Waals surface area contributed by atoms with Crippen LogP contribution in [0.4, 0.5) is 5.69 Å². The van der Waals surface area contributed by atoms with E-state index in [1.54, 1.807) is 12.1 Å². The number of nitro groups is 1. The number of hydrogen-bond acceptors (Lipinski definition) is 3. The van der Waals surface area contributed by atoms with E-state index in [-0.39, 0.29) is 10.6 Å². The minimum atomic E-state index is -0.358. The van der Waals surface area contributed by atoms with E-state index >= 15 is 0 Å². The van der Waals surface area contributed by atoms with Crippen molar-refractivity contribution in [3.63, 3.8) is 0 Å². The van der Waals surface area contributed by atoms with E-state index in [0.717, 1.165) is 18.5 Å². The average molecular weight is 292 g/mol. The Bertz CT molecular complexity index is 417. The van der Waals surface area contributed by atoms with E-state index in [1.165, 1.54) is 12.8 Å². The smallest absolute Gasteiger partial charge is 0.269 e. The molecule has 0 radical (unpaired) electrons. The highest BCUT2D eigenvalue weighted by atomic mass is 16.6. The Morgan fingerprint density at radius 2 is 1.57 bits per heavy atom. The van der Waals surface area contributed by atoms with Gasteiger partial charge in [0.2, 0.25) is 0 Å². The van der Waals surface area contributed by atoms with Gasteiger partial charge in [-0.05, 0) is 43.2 Å². The summed E-state index contributed by atoms with van der Waals surface area (Å²) in [6, 6.07) is 7.41. The van der Waals surface area contributed by atoms with E-state index < -0.39 is 0 Å². The maximum atomic E-state index is 10.6. The van der Waals surface area contributed by atoms with Gasteiger partial charge < -0.3 is 5.32 Å². The van der Waals surface area contributed by atoms with Crippen molar-refractivity contribution >= 4 is 5.69 Å². The van der Waals surface area contributed by atoms with Gasteiger partial charge in [0.05, 0.1) is 4.92 Å². The Labute approximate surface area is 128 Å². The molecule has 0 saturated heterocycles. The van der Waals surface area contributed by atoms with E-state index in [0.29, 0.717) is 17.9 Å². The molecule has 0 fully saturated rings. The third kappa shape index (κ3) is 7.23. The number of nitrogens with one attached hydrogen (secondary N) is 1. The van der Waals surface area contributed by atoms with Gasteiger partial charge in [0.15, 0.2) is 0 Å². The second-order valence-electron chi connectivity index (χ2n) is 6.58. The molecule has 0 aliphatic carbocycles. The third-order valence-electron chi connectivity index (χ3n) is 3.51. The van der Waals surface area contributed by atoms with Crippen LogP contribution in [-0.2, 0) is 6.42 Å². The van der Waals surface area contributed by atoms with Gasteiger partial charge in [0, 0.05) is 18.2 Å². The zero-order valence-corrected chi connectivity index (χ0v) is 13.6.